The second-order valence-corrected chi connectivity index (χ2v) is 6.74. The van der Waals surface area contributed by atoms with E-state index in [9.17, 15) is 0 Å². The zero-order valence-electron chi connectivity index (χ0n) is 10.5. The minimum absolute atomic E-state index is 0.509. The van der Waals surface area contributed by atoms with Crippen molar-refractivity contribution in [2.75, 3.05) is 18.0 Å². The van der Waals surface area contributed by atoms with Crippen molar-refractivity contribution in [1.29, 1.82) is 0 Å². The SMILES string of the molecule is CC1CNC(C2CC2)CN1c1cc(Cl)ccc1Br. The maximum Gasteiger partial charge on any atom is 0.0528 e. The molecule has 1 saturated carbocycles. The molecule has 3 rings (SSSR count). The van der Waals surface area contributed by atoms with Crippen LogP contribution in [-0.4, -0.2) is 25.2 Å². The number of hydrogen-bond donors (Lipinski definition) is 1. The van der Waals surface area contributed by atoms with Crippen LogP contribution in [0.4, 0.5) is 5.69 Å². The van der Waals surface area contributed by atoms with E-state index < -0.39 is 0 Å². The molecule has 1 saturated heterocycles. The van der Waals surface area contributed by atoms with Crippen molar-refractivity contribution >= 4 is 33.2 Å². The fourth-order valence-electron chi connectivity index (χ4n) is 2.74. The number of halogens is 2. The van der Waals surface area contributed by atoms with Crippen LogP contribution < -0.4 is 10.2 Å². The highest BCUT2D eigenvalue weighted by Gasteiger charge is 2.36. The smallest absolute Gasteiger partial charge is 0.0528 e. The molecule has 1 aliphatic carbocycles. The normalized spacial score (nSPS) is 28.5. The van der Waals surface area contributed by atoms with Gasteiger partial charge in [0.05, 0.1) is 5.69 Å². The van der Waals surface area contributed by atoms with Gasteiger partial charge in [-0.2, -0.15) is 0 Å². The Morgan fingerprint density at radius 1 is 1.39 bits per heavy atom. The average Bonchev–Trinajstić information content (AvgIpc) is 3.17. The van der Waals surface area contributed by atoms with Crippen molar-refractivity contribution in [3.8, 4) is 0 Å². The Morgan fingerprint density at radius 3 is 2.89 bits per heavy atom. The van der Waals surface area contributed by atoms with E-state index in [1.807, 2.05) is 12.1 Å². The number of anilines is 1. The van der Waals surface area contributed by atoms with Crippen LogP contribution in [0.1, 0.15) is 19.8 Å². The molecule has 2 nitrogen and oxygen atoms in total. The van der Waals surface area contributed by atoms with Crippen LogP contribution in [0.15, 0.2) is 22.7 Å². The molecule has 98 valence electrons. The summed E-state index contributed by atoms with van der Waals surface area (Å²) in [6.07, 6.45) is 2.77. The quantitative estimate of drug-likeness (QED) is 0.890. The summed E-state index contributed by atoms with van der Waals surface area (Å²) in [4.78, 5) is 2.48. The predicted octanol–water partition coefficient (Wildman–Crippen LogP) is 3.68. The number of piperazine rings is 1. The number of nitrogens with zero attached hydrogens (tertiary/aromatic N) is 1. The number of nitrogens with one attached hydrogen (secondary N) is 1. The summed E-state index contributed by atoms with van der Waals surface area (Å²) in [5.74, 6) is 0.887. The Morgan fingerprint density at radius 2 is 2.17 bits per heavy atom. The van der Waals surface area contributed by atoms with Crippen molar-refractivity contribution in [1.82, 2.24) is 5.32 Å². The minimum atomic E-state index is 0.509. The van der Waals surface area contributed by atoms with Gasteiger partial charge in [-0.3, -0.25) is 0 Å². The Kier molecular flexibility index (Phi) is 3.57. The van der Waals surface area contributed by atoms with Crippen LogP contribution in [0.3, 0.4) is 0 Å². The zero-order chi connectivity index (χ0) is 12.7. The number of benzene rings is 1. The van der Waals surface area contributed by atoms with Crippen molar-refractivity contribution in [2.45, 2.75) is 31.8 Å². The summed E-state index contributed by atoms with van der Waals surface area (Å²) in [7, 11) is 0. The van der Waals surface area contributed by atoms with E-state index in [4.69, 9.17) is 11.6 Å². The zero-order valence-corrected chi connectivity index (χ0v) is 12.8. The second-order valence-electron chi connectivity index (χ2n) is 5.45. The van der Waals surface area contributed by atoms with E-state index in [0.717, 1.165) is 28.5 Å². The van der Waals surface area contributed by atoms with Crippen LogP contribution in [-0.2, 0) is 0 Å². The van der Waals surface area contributed by atoms with Gasteiger partial charge >= 0.3 is 0 Å². The molecule has 2 atom stereocenters. The topological polar surface area (TPSA) is 15.3 Å². The highest BCUT2D eigenvalue weighted by Crippen LogP contribution is 2.37. The van der Waals surface area contributed by atoms with Gasteiger partial charge in [-0.05, 0) is 59.8 Å². The third kappa shape index (κ3) is 2.54. The van der Waals surface area contributed by atoms with Gasteiger partial charge < -0.3 is 10.2 Å². The van der Waals surface area contributed by atoms with Gasteiger partial charge in [0.15, 0.2) is 0 Å². The van der Waals surface area contributed by atoms with Gasteiger partial charge in [-0.25, -0.2) is 0 Å². The van der Waals surface area contributed by atoms with E-state index in [0.29, 0.717) is 12.1 Å². The molecular formula is C14H18BrClN2. The number of hydrogen-bond acceptors (Lipinski definition) is 2. The molecule has 1 aromatic carbocycles. The summed E-state index contributed by atoms with van der Waals surface area (Å²) in [6, 6.07) is 7.19. The standard InChI is InChI=1S/C14H18BrClN2/c1-9-7-17-13(10-2-3-10)8-18(9)14-6-11(16)4-5-12(14)15/h4-6,9-10,13,17H,2-3,7-8H2,1H3. The molecule has 4 heteroatoms. The summed E-state index contributed by atoms with van der Waals surface area (Å²) < 4.78 is 1.13. The van der Waals surface area contributed by atoms with Crippen molar-refractivity contribution in [3.63, 3.8) is 0 Å². The van der Waals surface area contributed by atoms with Gasteiger partial charge in [-0.1, -0.05) is 11.6 Å². The van der Waals surface area contributed by atoms with Gasteiger partial charge in [-0.15, -0.1) is 0 Å². The second kappa shape index (κ2) is 5.03. The molecule has 0 amide bonds. The highest BCUT2D eigenvalue weighted by molar-refractivity contribution is 9.10. The van der Waals surface area contributed by atoms with Gasteiger partial charge in [0.1, 0.15) is 0 Å². The van der Waals surface area contributed by atoms with Gasteiger partial charge in [0.25, 0.3) is 0 Å². The lowest BCUT2D eigenvalue weighted by atomic mass is 10.1. The molecule has 0 aromatic heterocycles. The first-order valence-electron chi connectivity index (χ1n) is 6.60. The first-order valence-corrected chi connectivity index (χ1v) is 7.77. The predicted molar refractivity (Wildman–Crippen MR) is 80.5 cm³/mol. The summed E-state index contributed by atoms with van der Waals surface area (Å²) in [5.41, 5.74) is 1.22. The largest absolute Gasteiger partial charge is 0.365 e. The molecule has 2 unspecified atom stereocenters. The van der Waals surface area contributed by atoms with Crippen LogP contribution in [0.25, 0.3) is 0 Å². The molecule has 0 radical (unpaired) electrons. The average molecular weight is 330 g/mol. The Balaban J connectivity index is 1.85. The Labute approximate surface area is 122 Å². The summed E-state index contributed by atoms with van der Waals surface area (Å²) in [5, 5.41) is 4.48. The molecule has 0 bridgehead atoms. The van der Waals surface area contributed by atoms with E-state index >= 15 is 0 Å². The molecule has 18 heavy (non-hydrogen) atoms. The van der Waals surface area contributed by atoms with Gasteiger partial charge in [0.2, 0.25) is 0 Å². The van der Waals surface area contributed by atoms with Crippen molar-refractivity contribution < 1.29 is 0 Å². The fourth-order valence-corrected chi connectivity index (χ4v) is 3.39. The molecule has 0 spiro atoms. The molecule has 2 fully saturated rings. The molecule has 1 N–H and O–H groups in total. The van der Waals surface area contributed by atoms with Crippen molar-refractivity contribution in [3.05, 3.63) is 27.7 Å². The van der Waals surface area contributed by atoms with E-state index in [-0.39, 0.29) is 0 Å². The lowest BCUT2D eigenvalue weighted by Gasteiger charge is -2.41. The monoisotopic (exact) mass is 328 g/mol. The van der Waals surface area contributed by atoms with E-state index in [1.165, 1.54) is 18.5 Å². The van der Waals surface area contributed by atoms with Crippen LogP contribution >= 0.6 is 27.5 Å². The maximum atomic E-state index is 6.13. The fraction of sp³-hybridized carbons (Fsp3) is 0.571. The Bertz CT molecular complexity index is 447. The first-order chi connectivity index (χ1) is 8.65. The van der Waals surface area contributed by atoms with Crippen LogP contribution in [0.2, 0.25) is 5.02 Å². The van der Waals surface area contributed by atoms with Gasteiger partial charge in [0, 0.05) is 34.7 Å². The highest BCUT2D eigenvalue weighted by atomic mass is 79.9. The summed E-state index contributed by atoms with van der Waals surface area (Å²) in [6.45, 7) is 4.41. The molecule has 1 heterocycles. The molecule has 1 aromatic rings. The maximum absolute atomic E-state index is 6.13. The minimum Gasteiger partial charge on any atom is -0.365 e. The molecule has 1 aliphatic heterocycles. The van der Waals surface area contributed by atoms with E-state index in [2.05, 4.69) is 39.1 Å². The van der Waals surface area contributed by atoms with Crippen LogP contribution in [0.5, 0.6) is 0 Å². The lowest BCUT2D eigenvalue weighted by Crippen LogP contribution is -2.56. The number of rotatable bonds is 2. The molecule has 2 aliphatic rings. The molecular weight excluding hydrogens is 312 g/mol. The third-order valence-corrected chi connectivity index (χ3v) is 4.92. The van der Waals surface area contributed by atoms with Crippen molar-refractivity contribution in [2.24, 2.45) is 5.92 Å². The summed E-state index contributed by atoms with van der Waals surface area (Å²) >= 11 is 9.78. The van der Waals surface area contributed by atoms with Crippen LogP contribution in [0, 0.1) is 5.92 Å². The first kappa shape index (κ1) is 12.8. The lowest BCUT2D eigenvalue weighted by molar-refractivity contribution is 0.375. The third-order valence-electron chi connectivity index (χ3n) is 4.01. The van der Waals surface area contributed by atoms with E-state index in [1.54, 1.807) is 0 Å². The Hall–Kier alpha value is -0.250.